The zero-order chi connectivity index (χ0) is 22.2. The molecule has 0 aliphatic rings. The van der Waals surface area contributed by atoms with Crippen molar-refractivity contribution < 1.29 is 23.4 Å². The van der Waals surface area contributed by atoms with Crippen molar-refractivity contribution in [3.8, 4) is 28.7 Å². The van der Waals surface area contributed by atoms with Crippen LogP contribution in [0.1, 0.15) is 23.4 Å². The van der Waals surface area contributed by atoms with Crippen LogP contribution in [0.2, 0.25) is 0 Å². The molecule has 31 heavy (non-hydrogen) atoms. The molecule has 1 aromatic heterocycles. The third kappa shape index (κ3) is 5.82. The summed E-state index contributed by atoms with van der Waals surface area (Å²) in [6.07, 6.45) is 1.16. The number of methoxy groups -OCH3 is 3. The average molecular weight is 442 g/mol. The number of hydrogen-bond donors (Lipinski definition) is 0. The Morgan fingerprint density at radius 1 is 1.00 bits per heavy atom. The molecule has 0 saturated heterocycles. The number of oxazole rings is 1. The molecule has 0 fully saturated rings. The smallest absolute Gasteiger partial charge is 0.226 e. The van der Waals surface area contributed by atoms with Crippen LogP contribution in [0.25, 0.3) is 11.5 Å². The van der Waals surface area contributed by atoms with Gasteiger partial charge in [0.1, 0.15) is 17.3 Å². The van der Waals surface area contributed by atoms with E-state index < -0.39 is 0 Å². The van der Waals surface area contributed by atoms with Gasteiger partial charge in [-0.1, -0.05) is 18.2 Å². The van der Waals surface area contributed by atoms with E-state index in [0.29, 0.717) is 41.7 Å². The molecule has 0 amide bonds. The highest BCUT2D eigenvalue weighted by Gasteiger charge is 2.15. The van der Waals surface area contributed by atoms with Crippen LogP contribution in [0, 0.1) is 6.92 Å². The Hall–Kier alpha value is -2.93. The first-order chi connectivity index (χ1) is 15.0. The SMILES string of the molecule is COc1ccccc1CCC(=O)CSCc1nc(-c2ccc(OC)c(OC)c2)oc1C. The standard InChI is InChI=1S/C24H27NO5S/c1-16-20(25-24(30-16)18-10-12-22(28-3)23(13-18)29-4)15-31-14-19(26)11-9-17-7-5-6-8-21(17)27-2/h5-8,10,12-13H,9,11,14-15H2,1-4H3. The van der Waals surface area contributed by atoms with Gasteiger partial charge < -0.3 is 18.6 Å². The predicted molar refractivity (Wildman–Crippen MR) is 122 cm³/mol. The minimum absolute atomic E-state index is 0.206. The van der Waals surface area contributed by atoms with Crippen LogP contribution < -0.4 is 14.2 Å². The summed E-state index contributed by atoms with van der Waals surface area (Å²) in [5.41, 5.74) is 2.70. The Bertz CT molecular complexity index is 1030. The number of aryl methyl sites for hydroxylation is 2. The molecule has 7 heteroatoms. The number of para-hydroxylation sites is 1. The van der Waals surface area contributed by atoms with Crippen molar-refractivity contribution in [2.24, 2.45) is 0 Å². The van der Waals surface area contributed by atoms with Crippen LogP contribution in [0.4, 0.5) is 0 Å². The van der Waals surface area contributed by atoms with Gasteiger partial charge in [-0.2, -0.15) is 0 Å². The summed E-state index contributed by atoms with van der Waals surface area (Å²) in [5, 5.41) is 0. The van der Waals surface area contributed by atoms with E-state index in [1.807, 2.05) is 49.4 Å². The van der Waals surface area contributed by atoms with Crippen molar-refractivity contribution in [3.05, 3.63) is 59.5 Å². The van der Waals surface area contributed by atoms with Gasteiger partial charge >= 0.3 is 0 Å². The second-order valence-corrected chi connectivity index (χ2v) is 7.92. The molecule has 0 radical (unpaired) electrons. The third-order valence-corrected chi connectivity index (χ3v) is 5.89. The molecular weight excluding hydrogens is 414 g/mol. The van der Waals surface area contributed by atoms with E-state index >= 15 is 0 Å². The third-order valence-electron chi connectivity index (χ3n) is 4.89. The van der Waals surface area contributed by atoms with Crippen molar-refractivity contribution in [2.45, 2.75) is 25.5 Å². The molecule has 0 unspecified atom stereocenters. The molecule has 0 bridgehead atoms. The first-order valence-electron chi connectivity index (χ1n) is 9.95. The van der Waals surface area contributed by atoms with E-state index in [0.717, 1.165) is 28.3 Å². The van der Waals surface area contributed by atoms with Crippen molar-refractivity contribution in [3.63, 3.8) is 0 Å². The van der Waals surface area contributed by atoms with Gasteiger partial charge in [-0.25, -0.2) is 4.98 Å². The molecule has 0 N–H and O–H groups in total. The van der Waals surface area contributed by atoms with E-state index in [1.165, 1.54) is 0 Å². The molecule has 3 aromatic rings. The summed E-state index contributed by atoms with van der Waals surface area (Å²) >= 11 is 1.55. The number of carbonyl (C=O) groups is 1. The van der Waals surface area contributed by atoms with E-state index in [-0.39, 0.29) is 5.78 Å². The average Bonchev–Trinajstić information content (AvgIpc) is 3.17. The lowest BCUT2D eigenvalue weighted by atomic mass is 10.1. The first-order valence-corrected chi connectivity index (χ1v) is 11.1. The maximum Gasteiger partial charge on any atom is 0.226 e. The predicted octanol–water partition coefficient (Wildman–Crippen LogP) is 5.11. The number of aromatic nitrogens is 1. The fourth-order valence-corrected chi connectivity index (χ4v) is 4.11. The maximum absolute atomic E-state index is 12.3. The zero-order valence-electron chi connectivity index (χ0n) is 18.3. The molecule has 3 rings (SSSR count). The van der Waals surface area contributed by atoms with Crippen LogP contribution in [0.3, 0.4) is 0 Å². The van der Waals surface area contributed by atoms with Crippen LogP contribution >= 0.6 is 11.8 Å². The molecule has 164 valence electrons. The zero-order valence-corrected chi connectivity index (χ0v) is 19.1. The largest absolute Gasteiger partial charge is 0.496 e. The quantitative estimate of drug-likeness (QED) is 0.409. The number of carbonyl (C=O) groups excluding carboxylic acids is 1. The number of Topliss-reactive ketones (excluding diaryl/α,β-unsaturated/α-hetero) is 1. The molecule has 0 spiro atoms. The van der Waals surface area contributed by atoms with Gasteiger partial charge in [0.25, 0.3) is 0 Å². The van der Waals surface area contributed by atoms with Crippen molar-refractivity contribution >= 4 is 17.5 Å². The van der Waals surface area contributed by atoms with E-state index in [4.69, 9.17) is 18.6 Å². The molecule has 1 heterocycles. The molecular formula is C24H27NO5S. The molecule has 0 aliphatic heterocycles. The van der Waals surface area contributed by atoms with Crippen LogP contribution in [0.5, 0.6) is 17.2 Å². The van der Waals surface area contributed by atoms with E-state index in [2.05, 4.69) is 4.98 Å². The highest BCUT2D eigenvalue weighted by atomic mass is 32.2. The Kier molecular flexibility index (Phi) is 8.00. The Balaban J connectivity index is 1.54. The van der Waals surface area contributed by atoms with Crippen molar-refractivity contribution in [1.82, 2.24) is 4.98 Å². The van der Waals surface area contributed by atoms with Gasteiger partial charge in [-0.15, -0.1) is 11.8 Å². The highest BCUT2D eigenvalue weighted by Crippen LogP contribution is 2.33. The Labute approximate surface area is 186 Å². The summed E-state index contributed by atoms with van der Waals surface area (Å²) in [6, 6.07) is 13.3. The summed E-state index contributed by atoms with van der Waals surface area (Å²) < 4.78 is 21.8. The number of thioether (sulfide) groups is 1. The molecule has 6 nitrogen and oxygen atoms in total. The number of ketones is 1. The lowest BCUT2D eigenvalue weighted by molar-refractivity contribution is -0.116. The van der Waals surface area contributed by atoms with E-state index in [1.54, 1.807) is 33.1 Å². The Morgan fingerprint density at radius 2 is 1.74 bits per heavy atom. The monoisotopic (exact) mass is 441 g/mol. The van der Waals surface area contributed by atoms with E-state index in [9.17, 15) is 4.79 Å². The lowest BCUT2D eigenvalue weighted by Crippen LogP contribution is -2.04. The summed E-state index contributed by atoms with van der Waals surface area (Å²) in [7, 11) is 4.84. The van der Waals surface area contributed by atoms with Crippen LogP contribution in [0.15, 0.2) is 46.9 Å². The van der Waals surface area contributed by atoms with Gasteiger partial charge in [0.2, 0.25) is 5.89 Å². The van der Waals surface area contributed by atoms with Crippen molar-refractivity contribution in [1.29, 1.82) is 0 Å². The number of rotatable bonds is 11. The van der Waals surface area contributed by atoms with Gasteiger partial charge in [-0.05, 0) is 43.2 Å². The Morgan fingerprint density at radius 3 is 2.48 bits per heavy atom. The first kappa shape index (κ1) is 22.7. The van der Waals surface area contributed by atoms with Crippen LogP contribution in [-0.4, -0.2) is 37.8 Å². The fourth-order valence-electron chi connectivity index (χ4n) is 3.17. The summed E-state index contributed by atoms with van der Waals surface area (Å²) in [4.78, 5) is 16.9. The molecule has 2 aromatic carbocycles. The summed E-state index contributed by atoms with van der Waals surface area (Å²) in [6.45, 7) is 1.89. The summed E-state index contributed by atoms with van der Waals surface area (Å²) in [5.74, 6) is 4.62. The number of nitrogens with zero attached hydrogens (tertiary/aromatic N) is 1. The minimum Gasteiger partial charge on any atom is -0.496 e. The highest BCUT2D eigenvalue weighted by molar-refractivity contribution is 7.99. The maximum atomic E-state index is 12.3. The van der Waals surface area contributed by atoms with Gasteiger partial charge in [0.15, 0.2) is 11.5 Å². The fraction of sp³-hybridized carbons (Fsp3) is 0.333. The van der Waals surface area contributed by atoms with Gasteiger partial charge in [0, 0.05) is 17.7 Å². The topological polar surface area (TPSA) is 70.8 Å². The lowest BCUT2D eigenvalue weighted by Gasteiger charge is -2.07. The molecule has 0 atom stereocenters. The van der Waals surface area contributed by atoms with Gasteiger partial charge in [0.05, 0.1) is 32.8 Å². The second-order valence-electron chi connectivity index (χ2n) is 6.93. The number of benzene rings is 2. The molecule has 0 saturated carbocycles. The van der Waals surface area contributed by atoms with Crippen molar-refractivity contribution in [2.75, 3.05) is 27.1 Å². The molecule has 0 aliphatic carbocycles. The minimum atomic E-state index is 0.206. The second kappa shape index (κ2) is 10.9. The number of hydrogen-bond acceptors (Lipinski definition) is 7. The normalized spacial score (nSPS) is 10.7. The number of ether oxygens (including phenoxy) is 3. The van der Waals surface area contributed by atoms with Crippen LogP contribution in [-0.2, 0) is 17.0 Å². The van der Waals surface area contributed by atoms with Gasteiger partial charge in [-0.3, -0.25) is 4.79 Å².